The molecule has 0 aliphatic carbocycles. The average Bonchev–Trinajstić information content (AvgIpc) is 2.79. The number of rotatable bonds is 8. The van der Waals surface area contributed by atoms with Gasteiger partial charge in [0, 0.05) is 11.3 Å². The minimum atomic E-state index is -4.00. The van der Waals surface area contributed by atoms with E-state index in [1.54, 1.807) is 43.5 Å². The first kappa shape index (κ1) is 24.4. The van der Waals surface area contributed by atoms with Crippen LogP contribution in [0.25, 0.3) is 0 Å². The summed E-state index contributed by atoms with van der Waals surface area (Å²) in [4.78, 5) is 12.7. The van der Waals surface area contributed by atoms with Gasteiger partial charge in [0.15, 0.2) is 11.5 Å². The van der Waals surface area contributed by atoms with E-state index in [9.17, 15) is 13.2 Å². The van der Waals surface area contributed by atoms with E-state index < -0.39 is 15.9 Å². The molecule has 0 aliphatic heterocycles. The first-order valence-corrected chi connectivity index (χ1v) is 11.9. The van der Waals surface area contributed by atoms with Crippen LogP contribution in [0.1, 0.15) is 34.5 Å². The van der Waals surface area contributed by atoms with E-state index in [4.69, 9.17) is 21.1 Å². The number of amides is 1. The van der Waals surface area contributed by atoms with E-state index in [-0.39, 0.29) is 21.5 Å². The first-order valence-electron chi connectivity index (χ1n) is 10.1. The van der Waals surface area contributed by atoms with E-state index in [2.05, 4.69) is 10.0 Å². The van der Waals surface area contributed by atoms with Crippen molar-refractivity contribution in [3.05, 3.63) is 82.4 Å². The maximum atomic E-state index is 12.9. The standard InChI is InChI=1S/C24H25ClN2O5S/c1-15-5-9-19(10-6-15)27-33(29,30)23-14-18(7-11-20(23)25)24(28)26-16(2)17-8-12-21(31-3)22(13-17)32-4/h5-14,16,27H,1-4H3,(H,26,28). The molecule has 0 saturated heterocycles. The Morgan fingerprint density at radius 1 is 0.939 bits per heavy atom. The number of carbonyl (C=O) groups excluding carboxylic acids is 1. The number of benzene rings is 3. The molecular weight excluding hydrogens is 464 g/mol. The number of halogens is 1. The lowest BCUT2D eigenvalue weighted by molar-refractivity contribution is 0.0939. The summed E-state index contributed by atoms with van der Waals surface area (Å²) in [5, 5.41) is 2.87. The van der Waals surface area contributed by atoms with Crippen LogP contribution < -0.4 is 19.5 Å². The molecule has 0 saturated carbocycles. The summed E-state index contributed by atoms with van der Waals surface area (Å²) < 4.78 is 38.8. The molecule has 1 amide bonds. The van der Waals surface area contributed by atoms with E-state index in [1.165, 1.54) is 25.3 Å². The molecule has 9 heteroatoms. The van der Waals surface area contributed by atoms with Gasteiger partial charge in [0.2, 0.25) is 0 Å². The van der Waals surface area contributed by atoms with Gasteiger partial charge < -0.3 is 14.8 Å². The van der Waals surface area contributed by atoms with Gasteiger partial charge in [-0.25, -0.2) is 8.42 Å². The highest BCUT2D eigenvalue weighted by atomic mass is 35.5. The van der Waals surface area contributed by atoms with Crippen molar-refractivity contribution in [1.82, 2.24) is 5.32 Å². The summed E-state index contributed by atoms with van der Waals surface area (Å²) in [6.07, 6.45) is 0. The molecule has 0 aromatic heterocycles. The third-order valence-electron chi connectivity index (χ3n) is 5.04. The van der Waals surface area contributed by atoms with Crippen LogP contribution in [-0.4, -0.2) is 28.5 Å². The lowest BCUT2D eigenvalue weighted by atomic mass is 10.1. The fourth-order valence-corrected chi connectivity index (χ4v) is 4.75. The van der Waals surface area contributed by atoms with Crippen molar-refractivity contribution in [2.24, 2.45) is 0 Å². The van der Waals surface area contributed by atoms with Gasteiger partial charge in [-0.1, -0.05) is 35.4 Å². The minimum Gasteiger partial charge on any atom is -0.493 e. The Hall–Kier alpha value is -3.23. The summed E-state index contributed by atoms with van der Waals surface area (Å²) in [5.41, 5.74) is 2.35. The lowest BCUT2D eigenvalue weighted by Gasteiger charge is -2.17. The molecule has 0 radical (unpaired) electrons. The van der Waals surface area contributed by atoms with E-state index in [1.807, 2.05) is 19.9 Å². The molecule has 174 valence electrons. The minimum absolute atomic E-state index is 0.0131. The second-order valence-corrected chi connectivity index (χ2v) is 9.48. The number of hydrogen-bond acceptors (Lipinski definition) is 5. The van der Waals surface area contributed by atoms with Gasteiger partial charge in [0.1, 0.15) is 4.90 Å². The van der Waals surface area contributed by atoms with Crippen LogP contribution in [0.4, 0.5) is 5.69 Å². The zero-order chi connectivity index (χ0) is 24.2. The predicted molar refractivity (Wildman–Crippen MR) is 129 cm³/mol. The molecule has 0 bridgehead atoms. The molecule has 0 spiro atoms. The van der Waals surface area contributed by atoms with Crippen molar-refractivity contribution < 1.29 is 22.7 Å². The Kier molecular flexibility index (Phi) is 7.50. The maximum Gasteiger partial charge on any atom is 0.263 e. The lowest BCUT2D eigenvalue weighted by Crippen LogP contribution is -2.27. The highest BCUT2D eigenvalue weighted by Gasteiger charge is 2.21. The molecule has 1 unspecified atom stereocenters. The Bertz CT molecular complexity index is 1260. The third kappa shape index (κ3) is 5.77. The summed E-state index contributed by atoms with van der Waals surface area (Å²) in [6, 6.07) is 16.0. The van der Waals surface area contributed by atoms with Crippen molar-refractivity contribution in [3.63, 3.8) is 0 Å². The van der Waals surface area contributed by atoms with Gasteiger partial charge in [-0.05, 0) is 61.9 Å². The van der Waals surface area contributed by atoms with Crippen molar-refractivity contribution in [1.29, 1.82) is 0 Å². The molecule has 0 heterocycles. The van der Waals surface area contributed by atoms with Gasteiger partial charge in [0.05, 0.1) is 25.3 Å². The van der Waals surface area contributed by atoms with Crippen LogP contribution in [0.3, 0.4) is 0 Å². The van der Waals surface area contributed by atoms with E-state index in [0.717, 1.165) is 11.1 Å². The second kappa shape index (κ2) is 10.1. The molecule has 2 N–H and O–H groups in total. The number of carbonyl (C=O) groups is 1. The van der Waals surface area contributed by atoms with Crippen molar-refractivity contribution in [2.45, 2.75) is 24.8 Å². The van der Waals surface area contributed by atoms with Gasteiger partial charge in [-0.2, -0.15) is 0 Å². The highest BCUT2D eigenvalue weighted by molar-refractivity contribution is 7.92. The summed E-state index contributed by atoms with van der Waals surface area (Å²) in [7, 11) is -0.925. The van der Waals surface area contributed by atoms with Gasteiger partial charge in [-0.15, -0.1) is 0 Å². The second-order valence-electron chi connectivity index (χ2n) is 7.43. The van der Waals surface area contributed by atoms with Gasteiger partial charge >= 0.3 is 0 Å². The largest absolute Gasteiger partial charge is 0.493 e. The molecule has 0 fully saturated rings. The SMILES string of the molecule is COc1ccc(C(C)NC(=O)c2ccc(Cl)c(S(=O)(=O)Nc3ccc(C)cc3)c2)cc1OC. The topological polar surface area (TPSA) is 93.7 Å². The summed E-state index contributed by atoms with van der Waals surface area (Å²) >= 11 is 6.16. The fraction of sp³-hybridized carbons (Fsp3) is 0.208. The molecule has 1 atom stereocenters. The highest BCUT2D eigenvalue weighted by Crippen LogP contribution is 2.30. The molecule has 3 rings (SSSR count). The van der Waals surface area contributed by atoms with Crippen LogP contribution in [0.5, 0.6) is 11.5 Å². The van der Waals surface area contributed by atoms with Crippen LogP contribution in [0.15, 0.2) is 65.6 Å². The fourth-order valence-electron chi connectivity index (χ4n) is 3.17. The van der Waals surface area contributed by atoms with Crippen molar-refractivity contribution >= 4 is 33.2 Å². The van der Waals surface area contributed by atoms with Crippen LogP contribution in [-0.2, 0) is 10.0 Å². The molecule has 3 aromatic rings. The molecule has 7 nitrogen and oxygen atoms in total. The zero-order valence-corrected chi connectivity index (χ0v) is 20.3. The Morgan fingerprint density at radius 3 is 2.24 bits per heavy atom. The van der Waals surface area contributed by atoms with E-state index >= 15 is 0 Å². The summed E-state index contributed by atoms with van der Waals surface area (Å²) in [6.45, 7) is 3.71. The zero-order valence-electron chi connectivity index (χ0n) is 18.7. The number of methoxy groups -OCH3 is 2. The molecule has 33 heavy (non-hydrogen) atoms. The third-order valence-corrected chi connectivity index (χ3v) is 6.90. The first-order chi connectivity index (χ1) is 15.6. The van der Waals surface area contributed by atoms with Gasteiger partial charge in [0.25, 0.3) is 15.9 Å². The quantitative estimate of drug-likeness (QED) is 0.467. The maximum absolute atomic E-state index is 12.9. The molecule has 3 aromatic carbocycles. The number of sulfonamides is 1. The van der Waals surface area contributed by atoms with Crippen molar-refractivity contribution in [2.75, 3.05) is 18.9 Å². The monoisotopic (exact) mass is 488 g/mol. The molecule has 0 aliphatic rings. The predicted octanol–water partition coefficient (Wildman–Crippen LogP) is 4.96. The normalized spacial score (nSPS) is 12.0. The smallest absolute Gasteiger partial charge is 0.263 e. The van der Waals surface area contributed by atoms with E-state index in [0.29, 0.717) is 17.2 Å². The van der Waals surface area contributed by atoms with Gasteiger partial charge in [-0.3, -0.25) is 9.52 Å². The Balaban J connectivity index is 1.82. The number of hydrogen-bond donors (Lipinski definition) is 2. The Labute approximate surface area is 198 Å². The Morgan fingerprint density at radius 2 is 1.61 bits per heavy atom. The average molecular weight is 489 g/mol. The number of ether oxygens (including phenoxy) is 2. The van der Waals surface area contributed by atoms with Crippen LogP contribution >= 0.6 is 11.6 Å². The van der Waals surface area contributed by atoms with Crippen molar-refractivity contribution in [3.8, 4) is 11.5 Å². The summed E-state index contributed by atoms with van der Waals surface area (Å²) in [5.74, 6) is 0.673. The number of nitrogens with one attached hydrogen (secondary N) is 2. The van der Waals surface area contributed by atoms with Crippen LogP contribution in [0.2, 0.25) is 5.02 Å². The molecular formula is C24H25ClN2O5S. The number of aryl methyl sites for hydroxylation is 1. The van der Waals surface area contributed by atoms with Crippen LogP contribution in [0, 0.1) is 6.92 Å². The number of anilines is 1.